The van der Waals surface area contributed by atoms with Crippen LogP contribution >= 0.6 is 0 Å². The molecule has 0 amide bonds. The molecule has 0 bridgehead atoms. The summed E-state index contributed by atoms with van der Waals surface area (Å²) in [5.74, 6) is -2.20. The van der Waals surface area contributed by atoms with Gasteiger partial charge < -0.3 is 10.2 Å². The molecule has 2 N–H and O–H groups in total. The van der Waals surface area contributed by atoms with Crippen LogP contribution in [0.4, 0.5) is 0 Å². The van der Waals surface area contributed by atoms with Gasteiger partial charge in [0.25, 0.3) is 0 Å². The van der Waals surface area contributed by atoms with Crippen LogP contribution in [0.5, 0.6) is 0 Å². The van der Waals surface area contributed by atoms with Crippen molar-refractivity contribution in [3.05, 3.63) is 24.3 Å². The fourth-order valence-electron chi connectivity index (χ4n) is 0.276. The van der Waals surface area contributed by atoms with Crippen molar-refractivity contribution in [2.24, 2.45) is 0 Å². The van der Waals surface area contributed by atoms with Crippen molar-refractivity contribution in [2.75, 3.05) is 0 Å². The molecule has 0 fully saturated rings. The van der Waals surface area contributed by atoms with E-state index in [9.17, 15) is 9.59 Å². The summed E-state index contributed by atoms with van der Waals surface area (Å²) >= 11 is 0. The largest absolute Gasteiger partial charge is 0.478 e. The normalized spacial score (nSPS) is 9.82. The van der Waals surface area contributed by atoms with Crippen molar-refractivity contribution in [3.8, 4) is 0 Å². The van der Waals surface area contributed by atoms with Crippen LogP contribution < -0.4 is 0 Å². The fourth-order valence-corrected chi connectivity index (χ4v) is 0.276. The number of hydrogen-bond acceptors (Lipinski definition) is 2. The van der Waals surface area contributed by atoms with E-state index in [-0.39, 0.29) is 17.1 Å². The molecule has 0 rings (SSSR count). The minimum absolute atomic E-state index is 0. The van der Waals surface area contributed by atoms with E-state index in [2.05, 4.69) is 0 Å². The van der Waals surface area contributed by atoms with E-state index in [0.717, 1.165) is 24.3 Å². The summed E-state index contributed by atoms with van der Waals surface area (Å²) < 4.78 is 0. The van der Waals surface area contributed by atoms with E-state index in [1.165, 1.54) is 0 Å². The maximum atomic E-state index is 9.78. The van der Waals surface area contributed by atoms with E-state index in [1.807, 2.05) is 0 Å². The summed E-state index contributed by atoms with van der Waals surface area (Å²) in [6.45, 7) is 0. The second kappa shape index (κ2) is 7.05. The molecule has 0 atom stereocenters. The summed E-state index contributed by atoms with van der Waals surface area (Å²) in [4.78, 5) is 19.6. The molecule has 4 nitrogen and oxygen atoms in total. The van der Waals surface area contributed by atoms with E-state index in [0.29, 0.717) is 0 Å². The van der Waals surface area contributed by atoms with Crippen LogP contribution in [0.25, 0.3) is 0 Å². The Morgan fingerprint density at radius 2 is 1.18 bits per heavy atom. The minimum Gasteiger partial charge on any atom is -0.478 e. The van der Waals surface area contributed by atoms with Crippen LogP contribution in [0.1, 0.15) is 0 Å². The molecular weight excluding hydrogens is 192 g/mol. The standard InChI is InChI=1S/C6H6O4.Fe/c7-5(8)3-1-2-4-6(9)10;/h1-4H,(H,7,8)(H,9,10);/b3-1+,4-2+;. The summed E-state index contributed by atoms with van der Waals surface area (Å²) in [7, 11) is 0. The van der Waals surface area contributed by atoms with Crippen LogP contribution in [0.2, 0.25) is 0 Å². The molecular formula is C6H6FeO4. The van der Waals surface area contributed by atoms with Gasteiger partial charge in [-0.05, 0) is 0 Å². The molecule has 0 heterocycles. The number of carbonyl (C=O) groups is 2. The van der Waals surface area contributed by atoms with E-state index in [4.69, 9.17) is 10.2 Å². The number of allylic oxidation sites excluding steroid dienone is 2. The van der Waals surface area contributed by atoms with Gasteiger partial charge in [0.1, 0.15) is 0 Å². The first-order valence-electron chi connectivity index (χ1n) is 2.43. The molecule has 0 aromatic carbocycles. The number of rotatable bonds is 3. The molecule has 0 aromatic heterocycles. The Kier molecular flexibility index (Phi) is 8.08. The van der Waals surface area contributed by atoms with Crippen LogP contribution in [0, 0.1) is 0 Å². The SMILES string of the molecule is O=C(O)/C=C/C=C/C(=O)O.[Fe]. The van der Waals surface area contributed by atoms with Crippen LogP contribution in [-0.2, 0) is 26.7 Å². The Balaban J connectivity index is 0. The molecule has 11 heavy (non-hydrogen) atoms. The molecule has 0 aliphatic rings. The monoisotopic (exact) mass is 198 g/mol. The van der Waals surface area contributed by atoms with Gasteiger partial charge in [-0.1, -0.05) is 12.2 Å². The van der Waals surface area contributed by atoms with Gasteiger partial charge in [0.15, 0.2) is 0 Å². The maximum Gasteiger partial charge on any atom is 0.328 e. The predicted molar refractivity (Wildman–Crippen MR) is 33.6 cm³/mol. The average molecular weight is 198 g/mol. The molecule has 0 spiro atoms. The maximum absolute atomic E-state index is 9.78. The topological polar surface area (TPSA) is 74.6 Å². The molecule has 0 aliphatic heterocycles. The molecule has 0 saturated heterocycles. The molecule has 5 heteroatoms. The van der Waals surface area contributed by atoms with Gasteiger partial charge in [0, 0.05) is 29.2 Å². The Morgan fingerprint density at radius 3 is 1.36 bits per heavy atom. The third kappa shape index (κ3) is 12.2. The zero-order valence-electron chi connectivity index (χ0n) is 5.37. The fraction of sp³-hybridized carbons (Fsp3) is 0. The Bertz CT molecular complexity index is 173. The minimum atomic E-state index is -1.10. The van der Waals surface area contributed by atoms with Gasteiger partial charge in [-0.15, -0.1) is 0 Å². The second-order valence-corrected chi connectivity index (χ2v) is 1.39. The van der Waals surface area contributed by atoms with Gasteiger partial charge in [-0.2, -0.15) is 0 Å². The summed E-state index contributed by atoms with van der Waals surface area (Å²) in [6, 6.07) is 0. The third-order valence-electron chi connectivity index (χ3n) is 0.589. The zero-order chi connectivity index (χ0) is 7.98. The smallest absolute Gasteiger partial charge is 0.328 e. The first-order chi connectivity index (χ1) is 4.63. The molecule has 0 aliphatic carbocycles. The van der Waals surface area contributed by atoms with E-state index in [1.54, 1.807) is 0 Å². The molecule has 0 aromatic rings. The van der Waals surface area contributed by atoms with Gasteiger partial charge in [0.2, 0.25) is 0 Å². The van der Waals surface area contributed by atoms with Crippen molar-refractivity contribution in [3.63, 3.8) is 0 Å². The summed E-state index contributed by atoms with van der Waals surface area (Å²) in [5, 5.41) is 16.0. The molecule has 0 saturated carbocycles. The predicted octanol–water partition coefficient (Wildman–Crippen LogP) is 0.266. The first kappa shape index (κ1) is 12.6. The number of carboxylic acids is 2. The van der Waals surface area contributed by atoms with E-state index >= 15 is 0 Å². The summed E-state index contributed by atoms with van der Waals surface area (Å²) in [5.41, 5.74) is 0. The van der Waals surface area contributed by atoms with Crippen LogP contribution in [-0.4, -0.2) is 22.2 Å². The number of hydrogen-bond donors (Lipinski definition) is 2. The number of carboxylic acid groups (broad SMARTS) is 2. The van der Waals surface area contributed by atoms with Gasteiger partial charge in [-0.25, -0.2) is 9.59 Å². The van der Waals surface area contributed by atoms with Crippen LogP contribution in [0.3, 0.4) is 0 Å². The Morgan fingerprint density at radius 1 is 0.909 bits per heavy atom. The van der Waals surface area contributed by atoms with Crippen molar-refractivity contribution < 1.29 is 36.9 Å². The average Bonchev–Trinajstić information content (AvgIpc) is 1.79. The third-order valence-corrected chi connectivity index (χ3v) is 0.589. The van der Waals surface area contributed by atoms with Crippen LogP contribution in [0.15, 0.2) is 24.3 Å². The van der Waals surface area contributed by atoms with Crippen molar-refractivity contribution in [1.82, 2.24) is 0 Å². The zero-order valence-corrected chi connectivity index (χ0v) is 6.48. The molecule has 0 unspecified atom stereocenters. The van der Waals surface area contributed by atoms with Crippen molar-refractivity contribution in [2.45, 2.75) is 0 Å². The number of aliphatic carboxylic acids is 2. The van der Waals surface area contributed by atoms with Gasteiger partial charge in [-0.3, -0.25) is 0 Å². The van der Waals surface area contributed by atoms with E-state index < -0.39 is 11.9 Å². The Labute approximate surface area is 73.7 Å². The Hall–Kier alpha value is -1.06. The molecule has 62 valence electrons. The quantitative estimate of drug-likeness (QED) is 0.387. The van der Waals surface area contributed by atoms with Crippen molar-refractivity contribution >= 4 is 11.9 Å². The molecule has 0 radical (unpaired) electrons. The van der Waals surface area contributed by atoms with Gasteiger partial charge >= 0.3 is 11.9 Å². The summed E-state index contributed by atoms with van der Waals surface area (Å²) in [6.07, 6.45) is 3.96. The second-order valence-electron chi connectivity index (χ2n) is 1.39. The van der Waals surface area contributed by atoms with Crippen molar-refractivity contribution in [1.29, 1.82) is 0 Å². The van der Waals surface area contributed by atoms with Gasteiger partial charge in [0.05, 0.1) is 0 Å². The first-order valence-corrected chi connectivity index (χ1v) is 2.43.